The fourth-order valence-electron chi connectivity index (χ4n) is 1.53. The molecule has 3 rings (SSSR count). The van der Waals surface area contributed by atoms with Gasteiger partial charge in [0, 0.05) is 37.1 Å². The van der Waals surface area contributed by atoms with Crippen molar-refractivity contribution >= 4 is 11.8 Å². The molecule has 0 bridgehead atoms. The lowest BCUT2D eigenvalue weighted by molar-refractivity contribution is 0.465. The highest BCUT2D eigenvalue weighted by Gasteiger charge is 2.08. The maximum Gasteiger partial charge on any atom is 0.276 e. The van der Waals surface area contributed by atoms with Crippen LogP contribution in [0.3, 0.4) is 0 Å². The van der Waals surface area contributed by atoms with Crippen LogP contribution >= 0.6 is 11.8 Å². The van der Waals surface area contributed by atoms with Crippen molar-refractivity contribution < 1.29 is 4.42 Å². The molecule has 0 radical (unpaired) electrons. The summed E-state index contributed by atoms with van der Waals surface area (Å²) in [6, 6.07) is 3.73. The predicted octanol–water partition coefficient (Wildman–Crippen LogP) is 2.12. The number of thioether (sulfide) groups is 1. The van der Waals surface area contributed by atoms with Crippen LogP contribution in [0.5, 0.6) is 0 Å². The lowest BCUT2D eigenvalue weighted by Crippen LogP contribution is -1.96. The number of hydrogen-bond donors (Lipinski definition) is 0. The van der Waals surface area contributed by atoms with E-state index in [1.54, 1.807) is 24.9 Å². The molecule has 0 spiro atoms. The molecule has 0 saturated heterocycles. The fraction of sp³-hybridized carbons (Fsp3) is 0.167. The number of pyridine rings is 1. The molecule has 6 nitrogen and oxygen atoms in total. The van der Waals surface area contributed by atoms with Crippen LogP contribution in [0.25, 0.3) is 11.5 Å². The van der Waals surface area contributed by atoms with Gasteiger partial charge in [-0.2, -0.15) is 0 Å². The third kappa shape index (κ3) is 3.00. The molecule has 0 unspecified atom stereocenters. The molecule has 0 aliphatic carbocycles. The van der Waals surface area contributed by atoms with Gasteiger partial charge in [-0.25, -0.2) is 4.98 Å². The van der Waals surface area contributed by atoms with E-state index >= 15 is 0 Å². The summed E-state index contributed by atoms with van der Waals surface area (Å²) in [6.45, 7) is 0.856. The van der Waals surface area contributed by atoms with E-state index in [1.165, 1.54) is 11.8 Å². The fourth-order valence-corrected chi connectivity index (χ4v) is 2.24. The number of rotatable bonds is 5. The SMILES string of the molecule is c1cncc(-c2nnc(SCCn3ccnc3)o2)c1. The zero-order chi connectivity index (χ0) is 12.9. The van der Waals surface area contributed by atoms with E-state index in [9.17, 15) is 0 Å². The summed E-state index contributed by atoms with van der Waals surface area (Å²) < 4.78 is 7.57. The molecule has 0 aliphatic rings. The molecule has 0 fully saturated rings. The van der Waals surface area contributed by atoms with Crippen molar-refractivity contribution in [1.82, 2.24) is 24.7 Å². The average molecular weight is 273 g/mol. The second-order valence-corrected chi connectivity index (χ2v) is 4.81. The van der Waals surface area contributed by atoms with Gasteiger partial charge in [-0.3, -0.25) is 4.98 Å². The average Bonchev–Trinajstić information content (AvgIpc) is 3.11. The van der Waals surface area contributed by atoms with Gasteiger partial charge >= 0.3 is 0 Å². The number of aryl methyl sites for hydroxylation is 1. The molecule has 0 aromatic carbocycles. The van der Waals surface area contributed by atoms with Crippen LogP contribution in [0, 0.1) is 0 Å². The molecule has 0 saturated carbocycles. The van der Waals surface area contributed by atoms with Crippen molar-refractivity contribution in [3.63, 3.8) is 0 Å². The Hall–Kier alpha value is -2.15. The van der Waals surface area contributed by atoms with Gasteiger partial charge in [0.05, 0.1) is 11.9 Å². The third-order valence-corrected chi connectivity index (χ3v) is 3.25. The van der Waals surface area contributed by atoms with Gasteiger partial charge in [-0.1, -0.05) is 11.8 Å². The first kappa shape index (κ1) is 11.9. The van der Waals surface area contributed by atoms with Crippen molar-refractivity contribution in [2.24, 2.45) is 0 Å². The molecule has 19 heavy (non-hydrogen) atoms. The minimum absolute atomic E-state index is 0.498. The Morgan fingerprint density at radius 1 is 1.21 bits per heavy atom. The molecule has 0 aliphatic heterocycles. The van der Waals surface area contributed by atoms with E-state index < -0.39 is 0 Å². The van der Waals surface area contributed by atoms with Gasteiger partial charge in [0.1, 0.15) is 0 Å². The molecule has 0 amide bonds. The minimum Gasteiger partial charge on any atom is -0.411 e. The zero-order valence-corrected chi connectivity index (χ0v) is 10.8. The summed E-state index contributed by atoms with van der Waals surface area (Å²) in [5, 5.41) is 8.58. The molecule has 0 atom stereocenters. The van der Waals surface area contributed by atoms with Gasteiger partial charge in [0.25, 0.3) is 5.22 Å². The Morgan fingerprint density at radius 2 is 2.21 bits per heavy atom. The standard InChI is InChI=1S/C12H11N5OS/c1-2-10(8-13-3-1)11-15-16-12(18-11)19-7-6-17-5-4-14-9-17/h1-5,8-9H,6-7H2. The quantitative estimate of drug-likeness (QED) is 0.663. The summed E-state index contributed by atoms with van der Waals surface area (Å²) >= 11 is 1.52. The van der Waals surface area contributed by atoms with Crippen LogP contribution < -0.4 is 0 Å². The van der Waals surface area contributed by atoms with Crippen LogP contribution in [0.2, 0.25) is 0 Å². The van der Waals surface area contributed by atoms with E-state index in [1.807, 2.05) is 22.9 Å². The van der Waals surface area contributed by atoms with Crippen LogP contribution in [0.4, 0.5) is 0 Å². The summed E-state index contributed by atoms with van der Waals surface area (Å²) in [5.41, 5.74) is 0.830. The zero-order valence-electron chi connectivity index (χ0n) is 10.0. The van der Waals surface area contributed by atoms with Gasteiger partial charge < -0.3 is 8.98 Å². The summed E-state index contributed by atoms with van der Waals surface area (Å²) in [5.74, 6) is 1.35. The molecular formula is C12H11N5OS. The number of nitrogens with zero attached hydrogens (tertiary/aromatic N) is 5. The van der Waals surface area contributed by atoms with Crippen molar-refractivity contribution in [2.45, 2.75) is 11.8 Å². The third-order valence-electron chi connectivity index (χ3n) is 2.45. The summed E-state index contributed by atoms with van der Waals surface area (Å²) in [7, 11) is 0. The molecule has 3 heterocycles. The Morgan fingerprint density at radius 3 is 3.00 bits per heavy atom. The van der Waals surface area contributed by atoms with Crippen LogP contribution in [-0.2, 0) is 6.54 Å². The minimum atomic E-state index is 0.498. The van der Waals surface area contributed by atoms with E-state index in [0.29, 0.717) is 11.1 Å². The number of hydrogen-bond acceptors (Lipinski definition) is 6. The largest absolute Gasteiger partial charge is 0.411 e. The molecule has 0 N–H and O–H groups in total. The first-order valence-electron chi connectivity index (χ1n) is 5.74. The number of imidazole rings is 1. The van der Waals surface area contributed by atoms with Crippen molar-refractivity contribution in [3.8, 4) is 11.5 Å². The van der Waals surface area contributed by atoms with E-state index in [-0.39, 0.29) is 0 Å². The topological polar surface area (TPSA) is 69.6 Å². The molecule has 3 aromatic heterocycles. The van der Waals surface area contributed by atoms with Gasteiger partial charge in [0.2, 0.25) is 5.89 Å². The van der Waals surface area contributed by atoms with E-state index in [2.05, 4.69) is 20.2 Å². The maximum absolute atomic E-state index is 5.56. The van der Waals surface area contributed by atoms with E-state index in [0.717, 1.165) is 17.9 Å². The normalized spacial score (nSPS) is 10.7. The van der Waals surface area contributed by atoms with Crippen LogP contribution in [-0.4, -0.2) is 30.5 Å². The molecule has 3 aromatic rings. The smallest absolute Gasteiger partial charge is 0.276 e. The second-order valence-electron chi connectivity index (χ2n) is 3.76. The Balaban J connectivity index is 1.59. The Kier molecular flexibility index (Phi) is 3.55. The Bertz CT molecular complexity index is 623. The highest BCUT2D eigenvalue weighted by Crippen LogP contribution is 2.22. The monoisotopic (exact) mass is 273 g/mol. The highest BCUT2D eigenvalue weighted by molar-refractivity contribution is 7.99. The highest BCUT2D eigenvalue weighted by atomic mass is 32.2. The maximum atomic E-state index is 5.56. The van der Waals surface area contributed by atoms with Gasteiger partial charge in [-0.05, 0) is 12.1 Å². The Labute approximate surface area is 113 Å². The first-order chi connectivity index (χ1) is 9.42. The lowest BCUT2D eigenvalue weighted by Gasteiger charge is -1.98. The number of aromatic nitrogens is 5. The van der Waals surface area contributed by atoms with Gasteiger partial charge in [0.15, 0.2) is 0 Å². The predicted molar refractivity (Wildman–Crippen MR) is 70.5 cm³/mol. The summed E-state index contributed by atoms with van der Waals surface area (Å²) in [6.07, 6.45) is 8.89. The van der Waals surface area contributed by atoms with Crippen molar-refractivity contribution in [2.75, 3.05) is 5.75 Å². The van der Waals surface area contributed by atoms with Crippen molar-refractivity contribution in [1.29, 1.82) is 0 Å². The van der Waals surface area contributed by atoms with Gasteiger partial charge in [-0.15, -0.1) is 10.2 Å². The van der Waals surface area contributed by atoms with E-state index in [4.69, 9.17) is 4.42 Å². The van der Waals surface area contributed by atoms with Crippen LogP contribution in [0.1, 0.15) is 0 Å². The first-order valence-corrected chi connectivity index (χ1v) is 6.73. The molecular weight excluding hydrogens is 262 g/mol. The molecule has 7 heteroatoms. The lowest BCUT2D eigenvalue weighted by atomic mass is 10.3. The van der Waals surface area contributed by atoms with Crippen LogP contribution in [0.15, 0.2) is 52.9 Å². The summed E-state index contributed by atoms with van der Waals surface area (Å²) in [4.78, 5) is 8.01. The second kappa shape index (κ2) is 5.66. The van der Waals surface area contributed by atoms with Crippen molar-refractivity contribution in [3.05, 3.63) is 43.2 Å². The molecule has 96 valence electrons.